The van der Waals surface area contributed by atoms with Gasteiger partial charge in [0, 0.05) is 17.5 Å². The number of aromatic nitrogens is 3. The highest BCUT2D eigenvalue weighted by atomic mass is 32.2. The zero-order chi connectivity index (χ0) is 19.1. The lowest BCUT2D eigenvalue weighted by atomic mass is 9.86. The number of urea groups is 1. The number of aryl methyl sites for hydroxylation is 2. The molecule has 3 rings (SSSR count). The van der Waals surface area contributed by atoms with Gasteiger partial charge in [0.1, 0.15) is 6.33 Å². The molecule has 146 valence electrons. The topological polar surface area (TPSA) is 88.9 Å². The van der Waals surface area contributed by atoms with Gasteiger partial charge >= 0.3 is 6.03 Å². The molecule has 7 nitrogen and oxygen atoms in total. The van der Waals surface area contributed by atoms with Crippen LogP contribution < -0.4 is 10.6 Å². The smallest absolute Gasteiger partial charge is 0.321 e. The number of carbonyl (C=O) groups excluding carboxylic acids is 2. The minimum Gasteiger partial charge on any atom is -0.335 e. The molecule has 0 aromatic carbocycles. The van der Waals surface area contributed by atoms with Crippen molar-refractivity contribution in [3.63, 3.8) is 0 Å². The molecule has 2 heterocycles. The van der Waals surface area contributed by atoms with Gasteiger partial charge in [0.15, 0.2) is 5.16 Å². The molecular weight excluding hydrogens is 382 g/mol. The second-order valence-electron chi connectivity index (χ2n) is 6.81. The molecule has 27 heavy (non-hydrogen) atoms. The summed E-state index contributed by atoms with van der Waals surface area (Å²) in [5, 5.41) is 16.1. The predicted molar refractivity (Wildman–Crippen MR) is 107 cm³/mol. The van der Waals surface area contributed by atoms with E-state index in [2.05, 4.69) is 39.2 Å². The van der Waals surface area contributed by atoms with Crippen LogP contribution >= 0.6 is 23.1 Å². The normalized spacial score (nSPS) is 19.6. The van der Waals surface area contributed by atoms with E-state index in [0.29, 0.717) is 11.1 Å². The quantitative estimate of drug-likeness (QED) is 0.689. The van der Waals surface area contributed by atoms with Crippen molar-refractivity contribution in [3.05, 3.63) is 28.7 Å². The van der Waals surface area contributed by atoms with Gasteiger partial charge in [-0.1, -0.05) is 37.6 Å². The van der Waals surface area contributed by atoms with Crippen molar-refractivity contribution >= 4 is 35.0 Å². The Bertz CT molecular complexity index is 747. The zero-order valence-electron chi connectivity index (χ0n) is 15.4. The van der Waals surface area contributed by atoms with E-state index in [1.54, 1.807) is 17.7 Å². The first-order valence-corrected chi connectivity index (χ1v) is 11.1. The van der Waals surface area contributed by atoms with Crippen LogP contribution in [-0.4, -0.2) is 38.5 Å². The summed E-state index contributed by atoms with van der Waals surface area (Å²) in [6.07, 6.45) is 7.01. The minimum absolute atomic E-state index is 0.130. The standard InChI is InChI=1S/C18H25N5O2S2/c1-13-5-2-3-7-15(13)20-17(25)21-16(24)11-27-18-22-19-12-23(18)9-8-14-6-4-10-26-14/h4,6,10,12-13,15H,2-3,5,7-9,11H2,1H3,(H2,20,21,24,25). The number of carbonyl (C=O) groups is 2. The van der Waals surface area contributed by atoms with Crippen molar-refractivity contribution < 1.29 is 9.59 Å². The van der Waals surface area contributed by atoms with E-state index in [4.69, 9.17) is 0 Å². The lowest BCUT2D eigenvalue weighted by Gasteiger charge is -2.29. The average Bonchev–Trinajstić information content (AvgIpc) is 3.31. The Morgan fingerprint density at radius 2 is 2.22 bits per heavy atom. The summed E-state index contributed by atoms with van der Waals surface area (Å²) >= 11 is 3.01. The summed E-state index contributed by atoms with van der Waals surface area (Å²) in [7, 11) is 0. The predicted octanol–water partition coefficient (Wildman–Crippen LogP) is 3.08. The Morgan fingerprint density at radius 1 is 1.37 bits per heavy atom. The lowest BCUT2D eigenvalue weighted by Crippen LogP contribution is -2.48. The van der Waals surface area contributed by atoms with E-state index in [0.717, 1.165) is 32.2 Å². The van der Waals surface area contributed by atoms with Gasteiger partial charge in [-0.15, -0.1) is 21.5 Å². The number of nitrogens with zero attached hydrogens (tertiary/aromatic N) is 3. The second-order valence-corrected chi connectivity index (χ2v) is 8.79. The van der Waals surface area contributed by atoms with Crippen LogP contribution in [-0.2, 0) is 17.8 Å². The molecule has 1 saturated carbocycles. The highest BCUT2D eigenvalue weighted by Crippen LogP contribution is 2.23. The van der Waals surface area contributed by atoms with Gasteiger partial charge in [-0.2, -0.15) is 0 Å². The first-order valence-electron chi connectivity index (χ1n) is 9.25. The van der Waals surface area contributed by atoms with Gasteiger partial charge in [0.05, 0.1) is 5.75 Å². The Morgan fingerprint density at radius 3 is 3.00 bits per heavy atom. The number of hydrogen-bond acceptors (Lipinski definition) is 6. The molecule has 0 bridgehead atoms. The minimum atomic E-state index is -0.404. The maximum Gasteiger partial charge on any atom is 0.321 e. The third kappa shape index (κ3) is 6.07. The van der Waals surface area contributed by atoms with Gasteiger partial charge in [-0.25, -0.2) is 4.79 Å². The number of nitrogens with one attached hydrogen (secondary N) is 2. The van der Waals surface area contributed by atoms with Gasteiger partial charge in [-0.3, -0.25) is 10.1 Å². The van der Waals surface area contributed by atoms with E-state index in [-0.39, 0.29) is 17.7 Å². The first-order chi connectivity index (χ1) is 13.1. The molecule has 2 N–H and O–H groups in total. The van der Waals surface area contributed by atoms with Crippen LogP contribution in [0.4, 0.5) is 4.79 Å². The summed E-state index contributed by atoms with van der Waals surface area (Å²) in [5.74, 6) is 0.260. The summed E-state index contributed by atoms with van der Waals surface area (Å²) in [4.78, 5) is 25.4. The number of thioether (sulfide) groups is 1. The third-order valence-electron chi connectivity index (χ3n) is 4.77. The van der Waals surface area contributed by atoms with Gasteiger partial charge in [0.2, 0.25) is 5.91 Å². The van der Waals surface area contributed by atoms with E-state index >= 15 is 0 Å². The highest BCUT2D eigenvalue weighted by molar-refractivity contribution is 7.99. The SMILES string of the molecule is CC1CCCCC1NC(=O)NC(=O)CSc1nncn1CCc1cccs1. The van der Waals surface area contributed by atoms with Gasteiger partial charge < -0.3 is 9.88 Å². The van der Waals surface area contributed by atoms with Crippen molar-refractivity contribution in [2.24, 2.45) is 5.92 Å². The van der Waals surface area contributed by atoms with Crippen molar-refractivity contribution in [1.29, 1.82) is 0 Å². The van der Waals surface area contributed by atoms with Crippen LogP contribution in [0.15, 0.2) is 29.0 Å². The Hall–Kier alpha value is -1.87. The molecule has 2 aromatic heterocycles. The molecule has 1 fully saturated rings. The first kappa shape index (κ1) is 19.9. The van der Waals surface area contributed by atoms with Gasteiger partial charge in [-0.05, 0) is 36.6 Å². The van der Waals surface area contributed by atoms with Crippen LogP contribution in [0.5, 0.6) is 0 Å². The van der Waals surface area contributed by atoms with E-state index < -0.39 is 6.03 Å². The van der Waals surface area contributed by atoms with Crippen molar-refractivity contribution in [1.82, 2.24) is 25.4 Å². The monoisotopic (exact) mass is 407 g/mol. The van der Waals surface area contributed by atoms with Crippen LogP contribution in [0.1, 0.15) is 37.5 Å². The molecule has 1 aliphatic rings. The van der Waals surface area contributed by atoms with Crippen molar-refractivity contribution in [3.8, 4) is 0 Å². The second kappa shape index (κ2) is 9.89. The average molecular weight is 408 g/mol. The molecule has 2 aromatic rings. The molecule has 0 spiro atoms. The maximum absolute atomic E-state index is 12.1. The van der Waals surface area contributed by atoms with Crippen molar-refractivity contribution in [2.45, 2.75) is 56.8 Å². The Balaban J connectivity index is 1.41. The summed E-state index contributed by atoms with van der Waals surface area (Å²) in [6.45, 7) is 2.91. The molecule has 0 saturated heterocycles. The summed E-state index contributed by atoms with van der Waals surface area (Å²) < 4.78 is 1.93. The lowest BCUT2D eigenvalue weighted by molar-refractivity contribution is -0.117. The van der Waals surface area contributed by atoms with Crippen LogP contribution in [0.2, 0.25) is 0 Å². The third-order valence-corrected chi connectivity index (χ3v) is 6.69. The van der Waals surface area contributed by atoms with E-state index in [9.17, 15) is 9.59 Å². The fraction of sp³-hybridized carbons (Fsp3) is 0.556. The molecular formula is C18H25N5O2S2. The molecule has 3 amide bonds. The van der Waals surface area contributed by atoms with Crippen LogP contribution in [0.3, 0.4) is 0 Å². The Labute approximate surface area is 167 Å². The van der Waals surface area contributed by atoms with E-state index in [1.807, 2.05) is 10.6 Å². The number of hydrogen-bond donors (Lipinski definition) is 2. The summed E-state index contributed by atoms with van der Waals surface area (Å²) in [5.41, 5.74) is 0. The van der Waals surface area contributed by atoms with E-state index in [1.165, 1.54) is 23.1 Å². The number of rotatable bonds is 7. The molecule has 2 atom stereocenters. The fourth-order valence-electron chi connectivity index (χ4n) is 3.22. The van der Waals surface area contributed by atoms with Crippen molar-refractivity contribution in [2.75, 3.05) is 5.75 Å². The van der Waals surface area contributed by atoms with Crippen LogP contribution in [0, 0.1) is 5.92 Å². The molecule has 0 aliphatic heterocycles. The maximum atomic E-state index is 12.1. The molecule has 1 aliphatic carbocycles. The Kier molecular flexibility index (Phi) is 7.28. The molecule has 2 unspecified atom stereocenters. The number of imide groups is 1. The summed E-state index contributed by atoms with van der Waals surface area (Å²) in [6, 6.07) is 3.88. The molecule has 0 radical (unpaired) electrons. The zero-order valence-corrected chi connectivity index (χ0v) is 17.0. The fourth-order valence-corrected chi connectivity index (χ4v) is 4.66. The largest absolute Gasteiger partial charge is 0.335 e. The molecule has 9 heteroatoms. The van der Waals surface area contributed by atoms with Crippen LogP contribution in [0.25, 0.3) is 0 Å². The number of thiophene rings is 1. The highest BCUT2D eigenvalue weighted by Gasteiger charge is 2.23. The number of amides is 3. The van der Waals surface area contributed by atoms with Gasteiger partial charge in [0.25, 0.3) is 0 Å².